The lowest BCUT2D eigenvalue weighted by atomic mass is 9.95. The summed E-state index contributed by atoms with van der Waals surface area (Å²) in [4.78, 5) is 27.5. The van der Waals surface area contributed by atoms with E-state index in [9.17, 15) is 14.0 Å². The number of primary amides is 1. The molecule has 3 N–H and O–H groups in total. The molecule has 0 spiro atoms. The molecule has 24 heavy (non-hydrogen) atoms. The number of allylic oxidation sites excluding steroid dienone is 1. The number of nitrogens with zero attached hydrogens (tertiary/aromatic N) is 1. The van der Waals surface area contributed by atoms with Crippen molar-refractivity contribution in [1.82, 2.24) is 5.32 Å². The summed E-state index contributed by atoms with van der Waals surface area (Å²) in [7, 11) is 0. The van der Waals surface area contributed by atoms with Gasteiger partial charge in [0.15, 0.2) is 0 Å². The Kier molecular flexibility index (Phi) is 6.09. The van der Waals surface area contributed by atoms with Crippen molar-refractivity contribution in [2.24, 2.45) is 10.7 Å². The van der Waals surface area contributed by atoms with Gasteiger partial charge in [-0.2, -0.15) is 0 Å². The highest BCUT2D eigenvalue weighted by atomic mass is 35.5. The molecule has 2 amide bonds. The topological polar surface area (TPSA) is 84.5 Å². The molecule has 0 saturated carbocycles. The maximum absolute atomic E-state index is 14.0. The fraction of sp³-hybridized carbons (Fsp3) is 0.353. The van der Waals surface area contributed by atoms with Crippen molar-refractivity contribution in [3.63, 3.8) is 0 Å². The summed E-state index contributed by atoms with van der Waals surface area (Å²) < 4.78 is 14.0. The molecular formula is C17H19ClFN3O2. The Balaban J connectivity index is 2.15. The Morgan fingerprint density at radius 1 is 1.46 bits per heavy atom. The van der Waals surface area contributed by atoms with Gasteiger partial charge >= 0.3 is 0 Å². The molecule has 1 atom stereocenters. The summed E-state index contributed by atoms with van der Waals surface area (Å²) in [5.41, 5.74) is 6.95. The van der Waals surface area contributed by atoms with Crippen molar-refractivity contribution < 1.29 is 14.0 Å². The number of amides is 2. The van der Waals surface area contributed by atoms with E-state index in [1.54, 1.807) is 13.0 Å². The molecular weight excluding hydrogens is 333 g/mol. The van der Waals surface area contributed by atoms with Crippen LogP contribution in [0.1, 0.15) is 34.3 Å². The van der Waals surface area contributed by atoms with E-state index in [1.165, 1.54) is 6.21 Å². The predicted octanol–water partition coefficient (Wildman–Crippen LogP) is 2.20. The van der Waals surface area contributed by atoms with Gasteiger partial charge in [-0.1, -0.05) is 6.08 Å². The third kappa shape index (κ3) is 4.20. The van der Waals surface area contributed by atoms with E-state index < -0.39 is 17.8 Å². The first-order chi connectivity index (χ1) is 11.4. The van der Waals surface area contributed by atoms with Crippen LogP contribution in [0.5, 0.6) is 0 Å². The molecule has 1 unspecified atom stereocenters. The van der Waals surface area contributed by atoms with E-state index in [1.807, 2.05) is 6.08 Å². The summed E-state index contributed by atoms with van der Waals surface area (Å²) in [5.74, 6) is -0.878. The summed E-state index contributed by atoms with van der Waals surface area (Å²) >= 11 is 5.57. The normalized spacial score (nSPS) is 16.6. The maximum Gasteiger partial charge on any atom is 0.248 e. The molecule has 0 aromatic heterocycles. The Morgan fingerprint density at radius 3 is 2.79 bits per heavy atom. The number of carbonyl (C=O) groups is 2. The molecule has 1 aliphatic rings. The molecule has 1 aromatic rings. The SMILES string of the molecule is Cc1c(F)cc(C(N)=O)cc1C1=CCC(C(=O)NCCCCl)N=C1. The van der Waals surface area contributed by atoms with Gasteiger partial charge < -0.3 is 11.1 Å². The van der Waals surface area contributed by atoms with Gasteiger partial charge in [0, 0.05) is 24.2 Å². The van der Waals surface area contributed by atoms with Crippen LogP contribution in [-0.4, -0.2) is 36.5 Å². The first-order valence-electron chi connectivity index (χ1n) is 7.61. The number of halogens is 2. The molecule has 0 bridgehead atoms. The summed E-state index contributed by atoms with van der Waals surface area (Å²) in [5, 5.41) is 2.76. The third-order valence-electron chi connectivity index (χ3n) is 3.81. The number of nitrogens with one attached hydrogen (secondary N) is 1. The van der Waals surface area contributed by atoms with Crippen LogP contribution >= 0.6 is 11.6 Å². The zero-order chi connectivity index (χ0) is 17.7. The van der Waals surface area contributed by atoms with Gasteiger partial charge in [0.2, 0.25) is 11.8 Å². The molecule has 0 aliphatic carbocycles. The molecule has 1 aliphatic heterocycles. The van der Waals surface area contributed by atoms with Crippen LogP contribution in [0.25, 0.3) is 5.57 Å². The average molecular weight is 352 g/mol. The second-order valence-electron chi connectivity index (χ2n) is 5.52. The minimum Gasteiger partial charge on any atom is -0.366 e. The van der Waals surface area contributed by atoms with Crippen molar-refractivity contribution >= 4 is 35.2 Å². The van der Waals surface area contributed by atoms with Gasteiger partial charge in [0.05, 0.1) is 0 Å². The third-order valence-corrected chi connectivity index (χ3v) is 4.07. The first kappa shape index (κ1) is 18.1. The molecule has 0 saturated heterocycles. The lowest BCUT2D eigenvalue weighted by Gasteiger charge is -2.17. The Morgan fingerprint density at radius 2 is 2.21 bits per heavy atom. The molecule has 0 radical (unpaired) electrons. The number of benzene rings is 1. The van der Waals surface area contributed by atoms with Crippen LogP contribution < -0.4 is 11.1 Å². The number of alkyl halides is 1. The lowest BCUT2D eigenvalue weighted by molar-refractivity contribution is -0.122. The number of carbonyl (C=O) groups excluding carboxylic acids is 2. The van der Waals surface area contributed by atoms with E-state index in [0.29, 0.717) is 42.0 Å². The average Bonchev–Trinajstić information content (AvgIpc) is 2.57. The highest BCUT2D eigenvalue weighted by Crippen LogP contribution is 2.25. The van der Waals surface area contributed by atoms with Gasteiger partial charge in [-0.05, 0) is 48.6 Å². The van der Waals surface area contributed by atoms with Gasteiger partial charge in [0.25, 0.3) is 0 Å². The molecule has 7 heteroatoms. The second kappa shape index (κ2) is 8.06. The minimum absolute atomic E-state index is 0.100. The van der Waals surface area contributed by atoms with Crippen molar-refractivity contribution in [3.05, 3.63) is 40.7 Å². The van der Waals surface area contributed by atoms with Crippen LogP contribution in [0.2, 0.25) is 0 Å². The van der Waals surface area contributed by atoms with Crippen LogP contribution in [0, 0.1) is 12.7 Å². The summed E-state index contributed by atoms with van der Waals surface area (Å²) in [6.07, 6.45) is 4.44. The standard InChI is InChI=1S/C17H19ClFN3O2/c1-10-13(7-12(16(20)23)8-14(10)19)11-3-4-15(22-9-11)17(24)21-6-2-5-18/h3,7-9,15H,2,4-6H2,1H3,(H2,20,23)(H,21,24). The molecule has 1 heterocycles. The quantitative estimate of drug-likeness (QED) is 0.608. The predicted molar refractivity (Wildman–Crippen MR) is 92.9 cm³/mol. The van der Waals surface area contributed by atoms with Crippen molar-refractivity contribution in [2.75, 3.05) is 12.4 Å². The molecule has 1 aromatic carbocycles. The summed E-state index contributed by atoms with van der Waals surface area (Å²) in [6.45, 7) is 2.13. The fourth-order valence-corrected chi connectivity index (χ4v) is 2.53. The van der Waals surface area contributed by atoms with Crippen LogP contribution in [0.4, 0.5) is 4.39 Å². The van der Waals surface area contributed by atoms with Gasteiger partial charge in [-0.25, -0.2) is 4.39 Å². The lowest BCUT2D eigenvalue weighted by Crippen LogP contribution is -2.35. The van der Waals surface area contributed by atoms with Crippen LogP contribution in [0.3, 0.4) is 0 Å². The summed E-state index contributed by atoms with van der Waals surface area (Å²) in [6, 6.07) is 2.16. The van der Waals surface area contributed by atoms with Crippen LogP contribution in [-0.2, 0) is 4.79 Å². The molecule has 5 nitrogen and oxygen atoms in total. The zero-order valence-electron chi connectivity index (χ0n) is 13.3. The van der Waals surface area contributed by atoms with E-state index in [4.69, 9.17) is 17.3 Å². The largest absolute Gasteiger partial charge is 0.366 e. The van der Waals surface area contributed by atoms with E-state index in [-0.39, 0.29) is 11.5 Å². The number of nitrogens with two attached hydrogens (primary N) is 1. The Hall–Kier alpha value is -2.21. The van der Waals surface area contributed by atoms with Crippen LogP contribution in [0.15, 0.2) is 23.2 Å². The zero-order valence-corrected chi connectivity index (χ0v) is 14.1. The first-order valence-corrected chi connectivity index (χ1v) is 8.14. The van der Waals surface area contributed by atoms with Crippen molar-refractivity contribution in [1.29, 1.82) is 0 Å². The maximum atomic E-state index is 14.0. The number of aliphatic imine (C=N–C) groups is 1. The van der Waals surface area contributed by atoms with Gasteiger partial charge in [-0.15, -0.1) is 11.6 Å². The molecule has 2 rings (SSSR count). The Labute approximate surface area is 144 Å². The highest BCUT2D eigenvalue weighted by molar-refractivity contribution is 6.17. The minimum atomic E-state index is -0.694. The van der Waals surface area contributed by atoms with Gasteiger partial charge in [-0.3, -0.25) is 14.6 Å². The second-order valence-corrected chi connectivity index (χ2v) is 5.90. The smallest absolute Gasteiger partial charge is 0.248 e. The number of hydrogen-bond donors (Lipinski definition) is 2. The molecule has 128 valence electrons. The monoisotopic (exact) mass is 351 g/mol. The van der Waals surface area contributed by atoms with Crippen molar-refractivity contribution in [3.8, 4) is 0 Å². The fourth-order valence-electron chi connectivity index (χ4n) is 2.39. The van der Waals surface area contributed by atoms with E-state index in [2.05, 4.69) is 10.3 Å². The molecule has 0 fully saturated rings. The number of hydrogen-bond acceptors (Lipinski definition) is 3. The van der Waals surface area contributed by atoms with E-state index >= 15 is 0 Å². The van der Waals surface area contributed by atoms with Gasteiger partial charge in [0.1, 0.15) is 11.9 Å². The van der Waals surface area contributed by atoms with Crippen molar-refractivity contribution in [2.45, 2.75) is 25.8 Å². The highest BCUT2D eigenvalue weighted by Gasteiger charge is 2.20. The number of rotatable bonds is 6. The number of dihydropyridines is 1. The Bertz CT molecular complexity index is 716. The van der Waals surface area contributed by atoms with E-state index in [0.717, 1.165) is 6.07 Å².